The predicted octanol–water partition coefficient (Wildman–Crippen LogP) is 3.70. The summed E-state index contributed by atoms with van der Waals surface area (Å²) in [5.41, 5.74) is 1.88. The van der Waals surface area contributed by atoms with E-state index in [0.717, 1.165) is 19.6 Å². The molecule has 0 aliphatic carbocycles. The van der Waals surface area contributed by atoms with Gasteiger partial charge in [0.2, 0.25) is 0 Å². The van der Waals surface area contributed by atoms with Crippen molar-refractivity contribution in [1.82, 2.24) is 9.80 Å². The summed E-state index contributed by atoms with van der Waals surface area (Å²) in [5, 5.41) is 3.45. The van der Waals surface area contributed by atoms with Crippen LogP contribution in [-0.2, 0) is 6.54 Å². The molecule has 0 spiro atoms. The molecule has 1 aliphatic rings. The van der Waals surface area contributed by atoms with Crippen molar-refractivity contribution in [2.24, 2.45) is 0 Å². The van der Waals surface area contributed by atoms with Crippen LogP contribution in [-0.4, -0.2) is 49.1 Å². The van der Waals surface area contributed by atoms with Crippen LogP contribution in [0.25, 0.3) is 0 Å². The first kappa shape index (κ1) is 17.6. The highest BCUT2D eigenvalue weighted by molar-refractivity contribution is 6.31. The van der Waals surface area contributed by atoms with Crippen molar-refractivity contribution < 1.29 is 9.53 Å². The van der Waals surface area contributed by atoms with Crippen LogP contribution in [0.4, 0.5) is 10.5 Å². The van der Waals surface area contributed by atoms with Crippen LogP contribution in [0.1, 0.15) is 5.56 Å². The largest absolute Gasteiger partial charge is 0.495 e. The van der Waals surface area contributed by atoms with E-state index in [1.165, 1.54) is 5.56 Å². The minimum atomic E-state index is -0.125. The topological polar surface area (TPSA) is 44.8 Å². The summed E-state index contributed by atoms with van der Waals surface area (Å²) in [5.74, 6) is 0.598. The van der Waals surface area contributed by atoms with Gasteiger partial charge in [0, 0.05) is 37.7 Å². The fourth-order valence-electron chi connectivity index (χ4n) is 2.92. The van der Waals surface area contributed by atoms with Crippen LogP contribution in [0.5, 0.6) is 5.75 Å². The molecule has 5 nitrogen and oxygen atoms in total. The first-order valence-corrected chi connectivity index (χ1v) is 8.69. The van der Waals surface area contributed by atoms with Gasteiger partial charge >= 0.3 is 6.03 Å². The van der Waals surface area contributed by atoms with E-state index >= 15 is 0 Å². The number of rotatable bonds is 4. The smallest absolute Gasteiger partial charge is 0.322 e. The predicted molar refractivity (Wildman–Crippen MR) is 100 cm³/mol. The molecule has 132 valence electrons. The summed E-state index contributed by atoms with van der Waals surface area (Å²) in [6.07, 6.45) is 0. The van der Waals surface area contributed by atoms with Gasteiger partial charge in [0.1, 0.15) is 5.75 Å². The molecule has 1 fully saturated rings. The minimum absolute atomic E-state index is 0.125. The second kappa shape index (κ2) is 8.23. The van der Waals surface area contributed by atoms with E-state index in [1.807, 2.05) is 11.0 Å². The zero-order valence-electron chi connectivity index (χ0n) is 14.2. The lowest BCUT2D eigenvalue weighted by Gasteiger charge is -2.34. The molecule has 0 unspecified atom stereocenters. The second-order valence-corrected chi connectivity index (χ2v) is 6.46. The van der Waals surface area contributed by atoms with E-state index < -0.39 is 0 Å². The first-order chi connectivity index (χ1) is 12.2. The Morgan fingerprint density at radius 3 is 2.52 bits per heavy atom. The Balaban J connectivity index is 1.54. The molecule has 1 N–H and O–H groups in total. The lowest BCUT2D eigenvalue weighted by Crippen LogP contribution is -2.49. The Morgan fingerprint density at radius 2 is 1.84 bits per heavy atom. The Hall–Kier alpha value is -2.24. The maximum atomic E-state index is 12.5. The first-order valence-electron chi connectivity index (χ1n) is 8.31. The SMILES string of the molecule is COc1ccc(Cl)cc1NC(=O)N1CCN(Cc2ccccc2)CC1. The molecule has 0 aromatic heterocycles. The third kappa shape index (κ3) is 4.65. The number of hydrogen-bond donors (Lipinski definition) is 1. The van der Waals surface area contributed by atoms with Crippen molar-refractivity contribution in [3.8, 4) is 5.75 Å². The molecule has 2 amide bonds. The average molecular weight is 360 g/mol. The minimum Gasteiger partial charge on any atom is -0.495 e. The number of piperazine rings is 1. The van der Waals surface area contributed by atoms with Crippen molar-refractivity contribution in [1.29, 1.82) is 0 Å². The summed E-state index contributed by atoms with van der Waals surface area (Å²) in [6.45, 7) is 4.02. The Bertz CT molecular complexity index is 716. The van der Waals surface area contributed by atoms with Gasteiger partial charge in [-0.3, -0.25) is 4.90 Å². The normalized spacial score (nSPS) is 15.0. The number of ether oxygens (including phenoxy) is 1. The van der Waals surface area contributed by atoms with Crippen LogP contribution in [0, 0.1) is 0 Å². The third-order valence-electron chi connectivity index (χ3n) is 4.31. The Labute approximate surface area is 153 Å². The number of carbonyl (C=O) groups is 1. The second-order valence-electron chi connectivity index (χ2n) is 6.02. The van der Waals surface area contributed by atoms with Crippen LogP contribution in [0.3, 0.4) is 0 Å². The van der Waals surface area contributed by atoms with Crippen molar-refractivity contribution in [3.63, 3.8) is 0 Å². The molecule has 3 rings (SSSR count). The summed E-state index contributed by atoms with van der Waals surface area (Å²) in [4.78, 5) is 16.7. The van der Waals surface area contributed by atoms with Gasteiger partial charge < -0.3 is 15.0 Å². The number of urea groups is 1. The molecule has 0 bridgehead atoms. The van der Waals surface area contributed by atoms with Crippen molar-refractivity contribution in [3.05, 3.63) is 59.1 Å². The Morgan fingerprint density at radius 1 is 1.12 bits per heavy atom. The van der Waals surface area contributed by atoms with Crippen LogP contribution < -0.4 is 10.1 Å². The molecule has 2 aromatic rings. The van der Waals surface area contributed by atoms with Crippen LogP contribution in [0.15, 0.2) is 48.5 Å². The number of nitrogens with zero attached hydrogens (tertiary/aromatic N) is 2. The van der Waals surface area contributed by atoms with Gasteiger partial charge in [-0.15, -0.1) is 0 Å². The number of anilines is 1. The highest BCUT2D eigenvalue weighted by Gasteiger charge is 2.22. The summed E-state index contributed by atoms with van der Waals surface area (Å²) in [6, 6.07) is 15.4. The molecular weight excluding hydrogens is 338 g/mol. The molecule has 0 radical (unpaired) electrons. The van der Waals surface area contributed by atoms with E-state index in [-0.39, 0.29) is 6.03 Å². The molecule has 25 heavy (non-hydrogen) atoms. The maximum Gasteiger partial charge on any atom is 0.322 e. The van der Waals surface area contributed by atoms with Gasteiger partial charge in [0.05, 0.1) is 12.8 Å². The molecule has 6 heteroatoms. The summed E-state index contributed by atoms with van der Waals surface area (Å²) < 4.78 is 5.27. The fourth-order valence-corrected chi connectivity index (χ4v) is 3.09. The summed E-state index contributed by atoms with van der Waals surface area (Å²) in [7, 11) is 1.57. The quantitative estimate of drug-likeness (QED) is 0.905. The Kier molecular flexibility index (Phi) is 5.79. The highest BCUT2D eigenvalue weighted by atomic mass is 35.5. The standard InChI is InChI=1S/C19H22ClN3O2/c1-25-18-8-7-16(20)13-17(18)21-19(24)23-11-9-22(10-12-23)14-15-5-3-2-4-6-15/h2-8,13H,9-12,14H2,1H3,(H,21,24). The van der Waals surface area contributed by atoms with Crippen LogP contribution >= 0.6 is 11.6 Å². The van der Waals surface area contributed by atoms with Gasteiger partial charge in [0.25, 0.3) is 0 Å². The molecule has 1 heterocycles. The monoisotopic (exact) mass is 359 g/mol. The third-order valence-corrected chi connectivity index (χ3v) is 4.55. The zero-order chi connectivity index (χ0) is 17.6. The number of nitrogens with one attached hydrogen (secondary N) is 1. The lowest BCUT2D eigenvalue weighted by molar-refractivity contribution is 0.143. The van der Waals surface area contributed by atoms with Crippen LogP contribution in [0.2, 0.25) is 5.02 Å². The van der Waals surface area contributed by atoms with E-state index in [4.69, 9.17) is 16.3 Å². The molecular formula is C19H22ClN3O2. The fraction of sp³-hybridized carbons (Fsp3) is 0.316. The van der Waals surface area contributed by atoms with Gasteiger partial charge in [-0.05, 0) is 23.8 Å². The number of methoxy groups -OCH3 is 1. The number of hydrogen-bond acceptors (Lipinski definition) is 3. The van der Waals surface area contributed by atoms with Gasteiger partial charge in [-0.25, -0.2) is 4.79 Å². The molecule has 2 aromatic carbocycles. The van der Waals surface area contributed by atoms with Gasteiger partial charge in [0.15, 0.2) is 0 Å². The number of amides is 2. The molecule has 0 saturated carbocycles. The zero-order valence-corrected chi connectivity index (χ0v) is 15.0. The van der Waals surface area contributed by atoms with Crippen molar-refractivity contribution in [2.75, 3.05) is 38.6 Å². The highest BCUT2D eigenvalue weighted by Crippen LogP contribution is 2.28. The van der Waals surface area contributed by atoms with Gasteiger partial charge in [-0.2, -0.15) is 0 Å². The van der Waals surface area contributed by atoms with E-state index in [0.29, 0.717) is 29.5 Å². The number of benzene rings is 2. The van der Waals surface area contributed by atoms with Crippen molar-refractivity contribution >= 4 is 23.3 Å². The average Bonchev–Trinajstić information content (AvgIpc) is 2.63. The number of halogens is 1. The molecule has 1 saturated heterocycles. The summed E-state index contributed by atoms with van der Waals surface area (Å²) >= 11 is 6.01. The van der Waals surface area contributed by atoms with E-state index in [1.54, 1.807) is 25.3 Å². The maximum absolute atomic E-state index is 12.5. The van der Waals surface area contributed by atoms with E-state index in [9.17, 15) is 4.79 Å². The number of carbonyl (C=O) groups excluding carboxylic acids is 1. The van der Waals surface area contributed by atoms with E-state index in [2.05, 4.69) is 34.5 Å². The molecule has 1 aliphatic heterocycles. The lowest BCUT2D eigenvalue weighted by atomic mass is 10.2. The molecule has 0 atom stereocenters. The van der Waals surface area contributed by atoms with Crippen molar-refractivity contribution in [2.45, 2.75) is 6.54 Å². The van der Waals surface area contributed by atoms with Gasteiger partial charge in [-0.1, -0.05) is 41.9 Å².